The Bertz CT molecular complexity index is 274. The van der Waals surface area contributed by atoms with Crippen LogP contribution in [0.15, 0.2) is 0 Å². The molecule has 3 aliphatic heterocycles. The van der Waals surface area contributed by atoms with E-state index in [0.29, 0.717) is 18.6 Å². The second kappa shape index (κ2) is 6.53. The number of rotatable bonds is 6. The summed E-state index contributed by atoms with van der Waals surface area (Å²) in [6.07, 6.45) is 4.77. The average molecular weight is 253 g/mol. The summed E-state index contributed by atoms with van der Waals surface area (Å²) in [4.78, 5) is 14.3. The molecule has 1 amide bonds. The van der Waals surface area contributed by atoms with Gasteiger partial charge in [-0.3, -0.25) is 4.79 Å². The summed E-state index contributed by atoms with van der Waals surface area (Å²) in [6.45, 7) is 8.33. The van der Waals surface area contributed by atoms with E-state index in [2.05, 4.69) is 29.4 Å². The minimum Gasteiger partial charge on any atom is -0.353 e. The number of amides is 1. The summed E-state index contributed by atoms with van der Waals surface area (Å²) >= 11 is 0. The summed E-state index contributed by atoms with van der Waals surface area (Å²) in [7, 11) is 0. The normalized spacial score (nSPS) is 32.2. The first-order chi connectivity index (χ1) is 8.69. The third-order valence-corrected chi connectivity index (χ3v) is 4.31. The molecule has 3 fully saturated rings. The van der Waals surface area contributed by atoms with E-state index in [4.69, 9.17) is 0 Å². The highest BCUT2D eigenvalue weighted by molar-refractivity contribution is 5.78. The van der Waals surface area contributed by atoms with Crippen molar-refractivity contribution in [2.75, 3.05) is 26.2 Å². The molecule has 2 atom stereocenters. The van der Waals surface area contributed by atoms with E-state index in [9.17, 15) is 4.79 Å². The van der Waals surface area contributed by atoms with E-state index in [1.54, 1.807) is 0 Å². The van der Waals surface area contributed by atoms with E-state index in [0.717, 1.165) is 25.3 Å². The van der Waals surface area contributed by atoms with Crippen molar-refractivity contribution in [1.29, 1.82) is 0 Å². The number of nitrogens with zero attached hydrogens (tertiary/aromatic N) is 1. The first-order valence-corrected chi connectivity index (χ1v) is 7.44. The highest BCUT2D eigenvalue weighted by Crippen LogP contribution is 2.27. The van der Waals surface area contributed by atoms with Gasteiger partial charge in [0.1, 0.15) is 0 Å². The van der Waals surface area contributed by atoms with Gasteiger partial charge >= 0.3 is 0 Å². The van der Waals surface area contributed by atoms with Crippen molar-refractivity contribution in [3.8, 4) is 0 Å². The van der Waals surface area contributed by atoms with Crippen LogP contribution in [0.5, 0.6) is 0 Å². The zero-order valence-electron chi connectivity index (χ0n) is 11.7. The van der Waals surface area contributed by atoms with Crippen molar-refractivity contribution in [3.63, 3.8) is 0 Å². The Morgan fingerprint density at radius 2 is 2.11 bits per heavy atom. The SMILES string of the molecule is CCCC(C)NC(=O)CNC1CN2CCC1CC2. The van der Waals surface area contributed by atoms with Crippen LogP contribution in [0, 0.1) is 5.92 Å². The van der Waals surface area contributed by atoms with Crippen molar-refractivity contribution in [1.82, 2.24) is 15.5 Å². The fraction of sp³-hybridized carbons (Fsp3) is 0.929. The largest absolute Gasteiger partial charge is 0.353 e. The molecule has 0 aliphatic carbocycles. The maximum atomic E-state index is 11.8. The van der Waals surface area contributed by atoms with Gasteiger partial charge in [0.15, 0.2) is 0 Å². The molecule has 3 heterocycles. The Balaban J connectivity index is 1.66. The molecule has 2 N–H and O–H groups in total. The average Bonchev–Trinajstić information content (AvgIpc) is 2.38. The van der Waals surface area contributed by atoms with Crippen LogP contribution in [0.3, 0.4) is 0 Å². The van der Waals surface area contributed by atoms with E-state index in [1.807, 2.05) is 0 Å². The summed E-state index contributed by atoms with van der Waals surface area (Å²) in [5.74, 6) is 0.934. The predicted octanol–water partition coefficient (Wildman–Crippen LogP) is 0.975. The van der Waals surface area contributed by atoms with Gasteiger partial charge in [0.2, 0.25) is 5.91 Å². The fourth-order valence-corrected chi connectivity index (χ4v) is 3.25. The molecular formula is C14H27N3O. The monoisotopic (exact) mass is 253 g/mol. The molecule has 2 unspecified atom stereocenters. The fourth-order valence-electron chi connectivity index (χ4n) is 3.25. The summed E-state index contributed by atoms with van der Waals surface area (Å²) in [5, 5.41) is 6.50. The Hall–Kier alpha value is -0.610. The van der Waals surface area contributed by atoms with Crippen LogP contribution in [-0.4, -0.2) is 49.1 Å². The van der Waals surface area contributed by atoms with E-state index in [1.165, 1.54) is 25.9 Å². The lowest BCUT2D eigenvalue weighted by atomic mass is 9.84. The topological polar surface area (TPSA) is 44.4 Å². The number of carbonyl (C=O) groups is 1. The standard InChI is InChI=1S/C14H27N3O/c1-3-4-11(2)16-14(18)9-15-13-10-17-7-5-12(13)6-8-17/h11-13,15H,3-10H2,1-2H3,(H,16,18). The van der Waals surface area contributed by atoms with Gasteiger partial charge in [-0.15, -0.1) is 0 Å². The molecule has 0 spiro atoms. The molecular weight excluding hydrogens is 226 g/mol. The molecule has 3 aliphatic rings. The molecule has 104 valence electrons. The number of hydrogen-bond donors (Lipinski definition) is 2. The van der Waals surface area contributed by atoms with Crippen LogP contribution in [0.25, 0.3) is 0 Å². The number of carbonyl (C=O) groups excluding carboxylic acids is 1. The molecule has 4 nitrogen and oxygen atoms in total. The molecule has 4 heteroatoms. The Labute approximate surface area is 110 Å². The summed E-state index contributed by atoms with van der Waals surface area (Å²) in [6, 6.07) is 0.829. The third-order valence-electron chi connectivity index (χ3n) is 4.31. The lowest BCUT2D eigenvalue weighted by molar-refractivity contribution is -0.121. The van der Waals surface area contributed by atoms with Crippen LogP contribution >= 0.6 is 0 Å². The van der Waals surface area contributed by atoms with Crippen LogP contribution in [-0.2, 0) is 4.79 Å². The van der Waals surface area contributed by atoms with E-state index < -0.39 is 0 Å². The van der Waals surface area contributed by atoms with Gasteiger partial charge in [-0.05, 0) is 45.2 Å². The molecule has 2 bridgehead atoms. The maximum Gasteiger partial charge on any atom is 0.234 e. The molecule has 18 heavy (non-hydrogen) atoms. The Morgan fingerprint density at radius 3 is 2.67 bits per heavy atom. The van der Waals surface area contributed by atoms with Crippen molar-refractivity contribution in [2.24, 2.45) is 5.92 Å². The second-order valence-corrected chi connectivity index (χ2v) is 5.88. The quantitative estimate of drug-likeness (QED) is 0.741. The van der Waals surface area contributed by atoms with Gasteiger partial charge < -0.3 is 15.5 Å². The zero-order chi connectivity index (χ0) is 13.0. The van der Waals surface area contributed by atoms with Gasteiger partial charge in [-0.25, -0.2) is 0 Å². The smallest absolute Gasteiger partial charge is 0.234 e. The molecule has 3 saturated heterocycles. The van der Waals surface area contributed by atoms with Crippen LogP contribution in [0.1, 0.15) is 39.5 Å². The first-order valence-electron chi connectivity index (χ1n) is 7.44. The molecule has 3 rings (SSSR count). The zero-order valence-corrected chi connectivity index (χ0v) is 11.7. The maximum absolute atomic E-state index is 11.8. The third kappa shape index (κ3) is 3.69. The second-order valence-electron chi connectivity index (χ2n) is 5.88. The minimum atomic E-state index is 0.146. The summed E-state index contributed by atoms with van der Waals surface area (Å²) < 4.78 is 0. The molecule has 0 aromatic rings. The molecule has 0 aromatic carbocycles. The van der Waals surface area contributed by atoms with Crippen LogP contribution in [0.4, 0.5) is 0 Å². The summed E-state index contributed by atoms with van der Waals surface area (Å²) in [5.41, 5.74) is 0. The van der Waals surface area contributed by atoms with Crippen LogP contribution < -0.4 is 10.6 Å². The van der Waals surface area contributed by atoms with Gasteiger partial charge in [-0.1, -0.05) is 13.3 Å². The Kier molecular flexibility index (Phi) is 5.01. The molecule has 0 radical (unpaired) electrons. The first kappa shape index (κ1) is 13.8. The van der Waals surface area contributed by atoms with Crippen molar-refractivity contribution in [2.45, 2.75) is 51.6 Å². The van der Waals surface area contributed by atoms with Crippen molar-refractivity contribution in [3.05, 3.63) is 0 Å². The van der Waals surface area contributed by atoms with Gasteiger partial charge in [0, 0.05) is 18.6 Å². The van der Waals surface area contributed by atoms with Crippen LogP contribution in [0.2, 0.25) is 0 Å². The van der Waals surface area contributed by atoms with Crippen molar-refractivity contribution < 1.29 is 4.79 Å². The Morgan fingerprint density at radius 1 is 1.39 bits per heavy atom. The highest BCUT2D eigenvalue weighted by Gasteiger charge is 2.33. The lowest BCUT2D eigenvalue weighted by Crippen LogP contribution is -2.57. The minimum absolute atomic E-state index is 0.146. The number of nitrogens with one attached hydrogen (secondary N) is 2. The number of piperidine rings is 3. The highest BCUT2D eigenvalue weighted by atomic mass is 16.1. The van der Waals surface area contributed by atoms with Crippen molar-refractivity contribution >= 4 is 5.91 Å². The number of fused-ring (bicyclic) bond motifs is 3. The van der Waals surface area contributed by atoms with E-state index >= 15 is 0 Å². The molecule has 0 aromatic heterocycles. The molecule has 0 saturated carbocycles. The van der Waals surface area contributed by atoms with Gasteiger partial charge in [0.25, 0.3) is 0 Å². The lowest BCUT2D eigenvalue weighted by Gasteiger charge is -2.45. The van der Waals surface area contributed by atoms with Gasteiger partial charge in [-0.2, -0.15) is 0 Å². The van der Waals surface area contributed by atoms with Gasteiger partial charge in [0.05, 0.1) is 6.54 Å². The predicted molar refractivity (Wildman–Crippen MR) is 73.5 cm³/mol. The number of hydrogen-bond acceptors (Lipinski definition) is 3. The van der Waals surface area contributed by atoms with E-state index in [-0.39, 0.29) is 5.91 Å².